The molecule has 4 heteroatoms. The van der Waals surface area contributed by atoms with E-state index in [1.165, 1.54) is 0 Å². The van der Waals surface area contributed by atoms with Crippen LogP contribution in [0.4, 0.5) is 10.5 Å². The van der Waals surface area contributed by atoms with Gasteiger partial charge in [-0.25, -0.2) is 4.79 Å². The molecule has 1 rings (SSSR count). The maximum atomic E-state index is 10.7. The molecule has 1 aromatic carbocycles. The summed E-state index contributed by atoms with van der Waals surface area (Å²) in [7, 11) is 0. The molecule has 0 aliphatic heterocycles. The van der Waals surface area contributed by atoms with Gasteiger partial charge < -0.3 is 16.4 Å². The summed E-state index contributed by atoms with van der Waals surface area (Å²) in [4.78, 5) is 10.7. The van der Waals surface area contributed by atoms with Crippen molar-refractivity contribution in [3.05, 3.63) is 29.8 Å². The molecule has 4 nitrogen and oxygen atoms in total. The molecular weight excluding hydrogens is 226 g/mol. The summed E-state index contributed by atoms with van der Waals surface area (Å²) in [6.07, 6.45) is 0.849. The summed E-state index contributed by atoms with van der Waals surface area (Å²) < 4.78 is 0. The van der Waals surface area contributed by atoms with Crippen LogP contribution in [0.25, 0.3) is 0 Å². The van der Waals surface area contributed by atoms with Crippen LogP contribution in [-0.4, -0.2) is 12.6 Å². The average Bonchev–Trinajstić information content (AvgIpc) is 2.34. The summed E-state index contributed by atoms with van der Waals surface area (Å²) in [5, 5.41) is 5.91. The van der Waals surface area contributed by atoms with Gasteiger partial charge in [-0.05, 0) is 31.5 Å². The van der Waals surface area contributed by atoms with Gasteiger partial charge in [-0.1, -0.05) is 12.1 Å². The Hall–Kier alpha value is -1.99. The van der Waals surface area contributed by atoms with Gasteiger partial charge in [-0.15, -0.1) is 11.8 Å². The van der Waals surface area contributed by atoms with E-state index in [2.05, 4.69) is 29.4 Å². The lowest BCUT2D eigenvalue weighted by Crippen LogP contribution is -2.20. The predicted molar refractivity (Wildman–Crippen MR) is 74.1 cm³/mol. The van der Waals surface area contributed by atoms with Gasteiger partial charge in [0.25, 0.3) is 0 Å². The number of hydrogen-bond acceptors (Lipinski definition) is 2. The average molecular weight is 245 g/mol. The molecule has 18 heavy (non-hydrogen) atoms. The molecule has 2 amide bonds. The number of amides is 2. The molecule has 0 radical (unpaired) electrons. The van der Waals surface area contributed by atoms with Crippen LogP contribution in [0.15, 0.2) is 24.3 Å². The summed E-state index contributed by atoms with van der Waals surface area (Å²) in [6, 6.07) is 7.32. The van der Waals surface area contributed by atoms with E-state index in [0.29, 0.717) is 5.69 Å². The molecule has 4 N–H and O–H groups in total. The fourth-order valence-corrected chi connectivity index (χ4v) is 1.59. The molecule has 1 atom stereocenters. The van der Waals surface area contributed by atoms with Crippen molar-refractivity contribution in [1.82, 2.24) is 5.32 Å². The lowest BCUT2D eigenvalue weighted by atomic mass is 10.1. The number of carbonyl (C=O) groups excluding carboxylic acids is 1. The van der Waals surface area contributed by atoms with Gasteiger partial charge in [0.2, 0.25) is 0 Å². The van der Waals surface area contributed by atoms with Gasteiger partial charge in [0, 0.05) is 24.7 Å². The predicted octanol–water partition coefficient (Wildman–Crippen LogP) is 2.24. The maximum Gasteiger partial charge on any atom is 0.316 e. The third kappa shape index (κ3) is 4.89. The highest BCUT2D eigenvalue weighted by Gasteiger charge is 2.04. The summed E-state index contributed by atoms with van der Waals surface area (Å²) >= 11 is 0. The van der Waals surface area contributed by atoms with Crippen LogP contribution in [0.1, 0.15) is 31.9 Å². The van der Waals surface area contributed by atoms with Crippen molar-refractivity contribution in [3.8, 4) is 11.8 Å². The van der Waals surface area contributed by atoms with Crippen molar-refractivity contribution in [2.45, 2.75) is 26.3 Å². The Bertz CT molecular complexity index is 442. The first-order valence-corrected chi connectivity index (χ1v) is 5.93. The largest absolute Gasteiger partial charge is 0.351 e. The summed E-state index contributed by atoms with van der Waals surface area (Å²) in [5.41, 5.74) is 6.91. The van der Waals surface area contributed by atoms with Gasteiger partial charge in [0.05, 0.1) is 0 Å². The normalized spacial score (nSPS) is 11.2. The molecule has 0 spiro atoms. The number of benzene rings is 1. The second kappa shape index (κ2) is 7.36. The lowest BCUT2D eigenvalue weighted by Gasteiger charge is -2.13. The summed E-state index contributed by atoms with van der Waals surface area (Å²) in [5.74, 6) is 5.88. The Morgan fingerprint density at radius 3 is 2.61 bits per heavy atom. The number of anilines is 1. The number of carbonyl (C=O) groups is 1. The minimum Gasteiger partial charge on any atom is -0.351 e. The van der Waals surface area contributed by atoms with Crippen molar-refractivity contribution >= 4 is 11.7 Å². The van der Waals surface area contributed by atoms with E-state index >= 15 is 0 Å². The highest BCUT2D eigenvalue weighted by molar-refractivity contribution is 5.87. The van der Waals surface area contributed by atoms with E-state index in [0.717, 1.165) is 18.5 Å². The first-order chi connectivity index (χ1) is 8.63. The van der Waals surface area contributed by atoms with Gasteiger partial charge in [0.15, 0.2) is 0 Å². The van der Waals surface area contributed by atoms with Crippen molar-refractivity contribution in [2.75, 3.05) is 11.9 Å². The number of nitrogens with one attached hydrogen (secondary N) is 2. The van der Waals surface area contributed by atoms with Crippen LogP contribution >= 0.6 is 0 Å². The van der Waals surface area contributed by atoms with Crippen LogP contribution in [-0.2, 0) is 0 Å². The minimum atomic E-state index is -0.549. The fraction of sp³-hybridized carbons (Fsp3) is 0.357. The van der Waals surface area contributed by atoms with E-state index in [1.807, 2.05) is 31.2 Å². The monoisotopic (exact) mass is 245 g/mol. The Balaban J connectivity index is 2.49. The van der Waals surface area contributed by atoms with Crippen molar-refractivity contribution < 1.29 is 4.79 Å². The van der Waals surface area contributed by atoms with Crippen LogP contribution in [0, 0.1) is 11.8 Å². The molecule has 0 saturated carbocycles. The second-order valence-corrected chi connectivity index (χ2v) is 3.96. The van der Waals surface area contributed by atoms with E-state index in [1.54, 1.807) is 0 Å². The second-order valence-electron chi connectivity index (χ2n) is 3.96. The van der Waals surface area contributed by atoms with Gasteiger partial charge in [-0.2, -0.15) is 0 Å². The van der Waals surface area contributed by atoms with Crippen LogP contribution in [0.2, 0.25) is 0 Å². The smallest absolute Gasteiger partial charge is 0.316 e. The van der Waals surface area contributed by atoms with Crippen molar-refractivity contribution in [1.29, 1.82) is 0 Å². The molecule has 1 aromatic rings. The Morgan fingerprint density at radius 1 is 1.39 bits per heavy atom. The molecule has 0 aliphatic rings. The van der Waals surface area contributed by atoms with E-state index in [-0.39, 0.29) is 6.04 Å². The van der Waals surface area contributed by atoms with Crippen molar-refractivity contribution in [2.24, 2.45) is 5.73 Å². The SMILES string of the molecule is CC#CCCNC(C)c1ccc(NC(N)=O)cc1. The standard InChI is InChI=1S/C14H19N3O/c1-3-4-5-10-16-11(2)12-6-8-13(9-7-12)17-14(15)18/h6-9,11,16H,5,10H2,1-2H3,(H3,15,17,18). The summed E-state index contributed by atoms with van der Waals surface area (Å²) in [6.45, 7) is 4.80. The number of primary amides is 1. The molecular formula is C14H19N3O. The third-order valence-electron chi connectivity index (χ3n) is 2.56. The van der Waals surface area contributed by atoms with E-state index in [9.17, 15) is 4.79 Å². The van der Waals surface area contributed by atoms with Crippen LogP contribution in [0.3, 0.4) is 0 Å². The number of rotatable bonds is 5. The number of nitrogens with two attached hydrogens (primary N) is 1. The highest BCUT2D eigenvalue weighted by Crippen LogP contribution is 2.15. The van der Waals surface area contributed by atoms with Crippen LogP contribution in [0.5, 0.6) is 0 Å². The molecule has 0 aliphatic carbocycles. The Labute approximate surface area is 108 Å². The zero-order valence-electron chi connectivity index (χ0n) is 10.8. The number of hydrogen-bond donors (Lipinski definition) is 3. The van der Waals surface area contributed by atoms with Gasteiger partial charge in [0.1, 0.15) is 0 Å². The third-order valence-corrected chi connectivity index (χ3v) is 2.56. The Morgan fingerprint density at radius 2 is 2.06 bits per heavy atom. The van der Waals surface area contributed by atoms with E-state index in [4.69, 9.17) is 5.73 Å². The first kappa shape index (κ1) is 14.1. The fourth-order valence-electron chi connectivity index (χ4n) is 1.59. The molecule has 0 saturated heterocycles. The quantitative estimate of drug-likeness (QED) is 0.550. The molecule has 1 unspecified atom stereocenters. The van der Waals surface area contributed by atoms with Crippen molar-refractivity contribution in [3.63, 3.8) is 0 Å². The molecule has 0 fully saturated rings. The molecule has 96 valence electrons. The number of urea groups is 1. The zero-order chi connectivity index (χ0) is 13.4. The zero-order valence-corrected chi connectivity index (χ0v) is 10.8. The molecule has 0 heterocycles. The lowest BCUT2D eigenvalue weighted by molar-refractivity contribution is 0.259. The minimum absolute atomic E-state index is 0.256. The topological polar surface area (TPSA) is 67.2 Å². The Kier molecular flexibility index (Phi) is 5.75. The van der Waals surface area contributed by atoms with Crippen LogP contribution < -0.4 is 16.4 Å². The first-order valence-electron chi connectivity index (χ1n) is 5.93. The molecule has 0 bridgehead atoms. The maximum absolute atomic E-state index is 10.7. The van der Waals surface area contributed by atoms with E-state index < -0.39 is 6.03 Å². The van der Waals surface area contributed by atoms with Gasteiger partial charge >= 0.3 is 6.03 Å². The highest BCUT2D eigenvalue weighted by atomic mass is 16.2. The molecule has 0 aromatic heterocycles. The van der Waals surface area contributed by atoms with Gasteiger partial charge in [-0.3, -0.25) is 0 Å².